The van der Waals surface area contributed by atoms with E-state index in [0.29, 0.717) is 48.5 Å². The van der Waals surface area contributed by atoms with Crippen molar-refractivity contribution in [3.05, 3.63) is 88.0 Å². The van der Waals surface area contributed by atoms with Crippen LogP contribution in [0.4, 0.5) is 0 Å². The number of carbonyl (C=O) groups excluding carboxylic acids is 5. The van der Waals surface area contributed by atoms with Gasteiger partial charge in [0.25, 0.3) is 0 Å². The summed E-state index contributed by atoms with van der Waals surface area (Å²) in [5, 5.41) is 188. The zero-order valence-corrected chi connectivity index (χ0v) is 38.6. The molecule has 0 amide bonds. The highest BCUT2D eigenvalue weighted by molar-refractivity contribution is 6.08. The average Bonchev–Trinajstić information content (AvgIpc) is 3.43. The maximum absolute atomic E-state index is 14.7. The van der Waals surface area contributed by atoms with Crippen LogP contribution in [0.2, 0.25) is 0 Å². The van der Waals surface area contributed by atoms with Gasteiger partial charge in [0.2, 0.25) is 41.1 Å². The topological polar surface area (TPSA) is 531 Å². The van der Waals surface area contributed by atoms with E-state index in [1.54, 1.807) is 0 Å². The number of carboxylic acids is 1. The second-order valence-corrected chi connectivity index (χ2v) is 16.6. The van der Waals surface area contributed by atoms with Crippen LogP contribution in [0.5, 0.6) is 109 Å². The highest BCUT2D eigenvalue weighted by Gasteiger charge is 2.55. The average molecular weight is 1110 g/mol. The Hall–Kier alpha value is -11.5. The number of carboxylic acid groups (broad SMARTS) is 1. The number of phenolic OH excluding ortho intramolecular Hbond substituents is 17. The summed E-state index contributed by atoms with van der Waals surface area (Å²) in [5.41, 5.74) is -8.49. The molecular weight excluding hydrogens is 1070 g/mol. The van der Waals surface area contributed by atoms with Crippen LogP contribution >= 0.6 is 0 Å². The van der Waals surface area contributed by atoms with E-state index >= 15 is 0 Å². The Kier molecular flexibility index (Phi) is 13.6. The molecule has 18 N–H and O–H groups in total. The van der Waals surface area contributed by atoms with Gasteiger partial charge in [-0.1, -0.05) is 0 Å². The van der Waals surface area contributed by atoms with Crippen molar-refractivity contribution >= 4 is 35.8 Å². The van der Waals surface area contributed by atoms with Gasteiger partial charge in [-0.2, -0.15) is 0 Å². The summed E-state index contributed by atoms with van der Waals surface area (Å²) in [5.74, 6) is -36.0. The Morgan fingerprint density at radius 3 is 1.39 bits per heavy atom. The normalized spacial score (nSPS) is 17.7. The second kappa shape index (κ2) is 20.0. The lowest BCUT2D eigenvalue weighted by molar-refractivity contribution is -0.282. The fraction of sp³-hybridized carbons (Fsp3) is 0.125. The number of carbonyl (C=O) groups is 6. The van der Waals surface area contributed by atoms with Crippen LogP contribution < -0.4 is 4.74 Å². The van der Waals surface area contributed by atoms with E-state index in [2.05, 4.69) is 0 Å². The number of hydrogen-bond acceptors (Lipinski definition) is 30. The predicted molar refractivity (Wildman–Crippen MR) is 245 cm³/mol. The lowest BCUT2D eigenvalue weighted by Crippen LogP contribution is -2.63. The van der Waals surface area contributed by atoms with Crippen molar-refractivity contribution in [3.8, 4) is 120 Å². The van der Waals surface area contributed by atoms with Crippen molar-refractivity contribution in [1.29, 1.82) is 0 Å². The van der Waals surface area contributed by atoms with Gasteiger partial charge in [0.05, 0.1) is 27.8 Å². The molecule has 0 radical (unpaired) electrons. The number of phenols is 17. The lowest BCUT2D eigenvalue weighted by atomic mass is 9.92. The van der Waals surface area contributed by atoms with Crippen molar-refractivity contribution in [3.63, 3.8) is 0 Å². The lowest BCUT2D eigenvalue weighted by Gasteiger charge is -2.43. The number of fused-ring (bicyclic) bond motifs is 4. The fourth-order valence-electron chi connectivity index (χ4n) is 7.83. The van der Waals surface area contributed by atoms with Crippen molar-refractivity contribution in [2.75, 3.05) is 6.61 Å². The molecule has 1 saturated heterocycles. The maximum Gasteiger partial charge on any atom is 0.342 e. The molecule has 2 aliphatic heterocycles. The first-order valence-corrected chi connectivity index (χ1v) is 21.6. The van der Waals surface area contributed by atoms with Gasteiger partial charge in [0.15, 0.2) is 92.7 Å². The first-order chi connectivity index (χ1) is 37.1. The minimum atomic E-state index is -2.83. The standard InChI is InChI=1S/C48H34O31/c49-17-2-12(3-18(50)29(17)57)43(68)77-40-39-26(10-73-45(70)14-7-22(54)32(60)35(63)27(14)28-15(46(71)76-39)8-23(55)33(61)36(28)64)75-48(79-44(69)13-4-19(51)30(58)20(52)5-13)41(40)78-47(72)16-9-24(56)34(62)37(65)38(16)74-25-6-11(42(66)67)1-21(53)31(25)59/h1-9,26,39-41,48-65H,10H2,(H,66,67). The molecule has 0 saturated carbocycles. The number of benzene rings is 6. The van der Waals surface area contributed by atoms with Gasteiger partial charge in [-0.15, -0.1) is 0 Å². The van der Waals surface area contributed by atoms with Crippen LogP contribution in [-0.4, -0.2) is 165 Å². The van der Waals surface area contributed by atoms with Gasteiger partial charge in [-0.05, 0) is 48.5 Å². The molecule has 0 aromatic heterocycles. The Bertz CT molecular complexity index is 3580. The van der Waals surface area contributed by atoms with E-state index in [-0.39, 0.29) is 6.07 Å². The third-order valence-electron chi connectivity index (χ3n) is 11.7. The molecule has 79 heavy (non-hydrogen) atoms. The summed E-state index contributed by atoms with van der Waals surface area (Å²) in [6, 6.07) is 3.96. The molecule has 5 unspecified atom stereocenters. The SMILES string of the molecule is O=C(O)c1cc(O)c(O)c(Oc2c(C(=O)OC3C(OC(=O)c4cc(O)c(O)c(O)c4)OC4COC(=O)c5cc(O)c(O)c(O)c5-c5c(cc(O)c(O)c5O)C(=O)OC4C3OC(=O)c3cc(O)c(O)c(O)c3)cc(O)c(O)c2O)c1. The van der Waals surface area contributed by atoms with E-state index in [4.69, 9.17) is 33.2 Å². The predicted octanol–water partition coefficient (Wildman–Crippen LogP) is 2.57. The summed E-state index contributed by atoms with van der Waals surface area (Å²) in [7, 11) is 0. The molecule has 5 atom stereocenters. The molecule has 6 aromatic rings. The van der Waals surface area contributed by atoms with Crippen LogP contribution in [0.3, 0.4) is 0 Å². The molecule has 0 spiro atoms. The number of esters is 5. The third-order valence-corrected chi connectivity index (χ3v) is 11.7. The molecule has 0 aliphatic carbocycles. The van der Waals surface area contributed by atoms with Gasteiger partial charge >= 0.3 is 35.8 Å². The molecule has 31 heteroatoms. The first kappa shape index (κ1) is 53.8. The van der Waals surface area contributed by atoms with Gasteiger partial charge in [0.1, 0.15) is 18.3 Å². The van der Waals surface area contributed by atoms with Crippen LogP contribution in [-0.2, 0) is 28.4 Å². The summed E-state index contributed by atoms with van der Waals surface area (Å²) in [4.78, 5) is 83.4. The zero-order chi connectivity index (χ0) is 58.0. The highest BCUT2D eigenvalue weighted by Crippen LogP contribution is 2.54. The first-order valence-electron chi connectivity index (χ1n) is 21.6. The molecule has 6 aromatic carbocycles. The highest BCUT2D eigenvalue weighted by atomic mass is 16.7. The summed E-state index contributed by atoms with van der Waals surface area (Å²) < 4.78 is 39.1. The molecule has 0 bridgehead atoms. The molecule has 8 rings (SSSR count). The Morgan fingerprint density at radius 1 is 0.443 bits per heavy atom. The van der Waals surface area contributed by atoms with Gasteiger partial charge in [0, 0.05) is 17.2 Å². The quantitative estimate of drug-likeness (QED) is 0.0562. The molecule has 412 valence electrons. The van der Waals surface area contributed by atoms with Crippen LogP contribution in [0.15, 0.2) is 54.6 Å². The Morgan fingerprint density at radius 2 is 0.873 bits per heavy atom. The number of ether oxygens (including phenoxy) is 7. The number of rotatable bonds is 9. The zero-order valence-electron chi connectivity index (χ0n) is 38.6. The third kappa shape index (κ3) is 9.63. The largest absolute Gasteiger partial charge is 0.504 e. The molecular formula is C48H34O31. The van der Waals surface area contributed by atoms with E-state index in [1.807, 2.05) is 0 Å². The van der Waals surface area contributed by atoms with Crippen molar-refractivity contribution in [1.82, 2.24) is 0 Å². The second-order valence-electron chi connectivity index (χ2n) is 16.6. The van der Waals surface area contributed by atoms with Crippen LogP contribution in [0.1, 0.15) is 62.1 Å². The monoisotopic (exact) mass is 1110 g/mol. The minimum absolute atomic E-state index is 0.267. The number of aromatic carboxylic acids is 1. The number of cyclic esters (lactones) is 1. The van der Waals surface area contributed by atoms with Crippen molar-refractivity contribution < 1.29 is 154 Å². The number of aromatic hydroxyl groups is 17. The fourth-order valence-corrected chi connectivity index (χ4v) is 7.83. The summed E-state index contributed by atoms with van der Waals surface area (Å²) in [6.45, 7) is -1.38. The molecule has 2 heterocycles. The Balaban J connectivity index is 1.35. The van der Waals surface area contributed by atoms with Crippen molar-refractivity contribution in [2.45, 2.75) is 30.7 Å². The van der Waals surface area contributed by atoms with Gasteiger partial charge in [-0.3, -0.25) is 0 Å². The van der Waals surface area contributed by atoms with Crippen molar-refractivity contribution in [2.24, 2.45) is 0 Å². The van der Waals surface area contributed by atoms with E-state index in [9.17, 15) is 121 Å². The molecule has 31 nitrogen and oxygen atoms in total. The van der Waals surface area contributed by atoms with Gasteiger partial charge < -0.3 is 125 Å². The van der Waals surface area contributed by atoms with E-state index < -0.39 is 227 Å². The molecule has 1 fully saturated rings. The summed E-state index contributed by atoms with van der Waals surface area (Å²) >= 11 is 0. The smallest absolute Gasteiger partial charge is 0.342 e. The molecule has 2 aliphatic rings. The van der Waals surface area contributed by atoms with Crippen LogP contribution in [0, 0.1) is 0 Å². The van der Waals surface area contributed by atoms with E-state index in [1.165, 1.54) is 0 Å². The maximum atomic E-state index is 14.7. The summed E-state index contributed by atoms with van der Waals surface area (Å²) in [6.07, 6.45) is -13.3. The Labute approximate surface area is 434 Å². The minimum Gasteiger partial charge on any atom is -0.504 e. The van der Waals surface area contributed by atoms with Crippen LogP contribution in [0.25, 0.3) is 11.1 Å². The number of hydrogen-bond donors (Lipinski definition) is 18. The van der Waals surface area contributed by atoms with E-state index in [0.717, 1.165) is 0 Å². The van der Waals surface area contributed by atoms with Gasteiger partial charge in [-0.25, -0.2) is 28.8 Å².